The third-order valence-electron chi connectivity index (χ3n) is 3.47. The first kappa shape index (κ1) is 17.6. The van der Waals surface area contributed by atoms with Crippen LogP contribution in [0, 0.1) is 17.0 Å². The Balaban J connectivity index is 2.27. The van der Waals surface area contributed by atoms with Crippen LogP contribution >= 0.6 is 11.3 Å². The number of carbonyl (C=O) groups excluding carboxylic acids is 2. The number of nitrogens with zero attached hydrogens (tertiary/aromatic N) is 2. The van der Waals surface area contributed by atoms with Crippen molar-refractivity contribution < 1.29 is 19.2 Å². The molecule has 0 saturated heterocycles. The summed E-state index contributed by atoms with van der Waals surface area (Å²) >= 11 is 0.875. The Morgan fingerprint density at radius 2 is 2.04 bits per heavy atom. The molecule has 0 N–H and O–H groups in total. The predicted octanol–water partition coefficient (Wildman–Crippen LogP) is 2.78. The zero-order valence-electron chi connectivity index (χ0n) is 13.2. The molecule has 1 aromatic heterocycles. The van der Waals surface area contributed by atoms with Gasteiger partial charge in [0.15, 0.2) is 0 Å². The first-order valence-electron chi connectivity index (χ1n) is 7.06. The van der Waals surface area contributed by atoms with Crippen molar-refractivity contribution in [2.45, 2.75) is 13.5 Å². The van der Waals surface area contributed by atoms with E-state index in [0.29, 0.717) is 0 Å². The maximum atomic E-state index is 12.7. The summed E-state index contributed by atoms with van der Waals surface area (Å²) in [4.78, 5) is 35.8. The molecule has 0 fully saturated rings. The van der Waals surface area contributed by atoms with Gasteiger partial charge in [0.2, 0.25) is 0 Å². The van der Waals surface area contributed by atoms with E-state index in [1.807, 2.05) is 31.2 Å². The second kappa shape index (κ2) is 7.69. The summed E-state index contributed by atoms with van der Waals surface area (Å²) in [5, 5.41) is 12.1. The number of benzene rings is 1. The van der Waals surface area contributed by atoms with Gasteiger partial charge >= 0.3 is 11.0 Å². The first-order chi connectivity index (χ1) is 11.4. The highest BCUT2D eigenvalue weighted by Crippen LogP contribution is 2.24. The quantitative estimate of drug-likeness (QED) is 0.455. The molecule has 2 rings (SSSR count). The van der Waals surface area contributed by atoms with E-state index in [4.69, 9.17) is 0 Å². The van der Waals surface area contributed by atoms with E-state index in [-0.39, 0.29) is 23.7 Å². The maximum absolute atomic E-state index is 12.7. The number of esters is 1. The van der Waals surface area contributed by atoms with Crippen LogP contribution in [0.3, 0.4) is 0 Å². The van der Waals surface area contributed by atoms with E-state index >= 15 is 0 Å². The number of aryl methyl sites for hydroxylation is 1. The minimum absolute atomic E-state index is 0.118. The number of thiophene rings is 1. The monoisotopic (exact) mass is 348 g/mol. The third-order valence-corrected chi connectivity index (χ3v) is 4.35. The van der Waals surface area contributed by atoms with Crippen LogP contribution in [0.5, 0.6) is 0 Å². The van der Waals surface area contributed by atoms with Gasteiger partial charge in [-0.1, -0.05) is 35.6 Å². The molecule has 0 atom stereocenters. The Kier molecular flexibility index (Phi) is 5.64. The van der Waals surface area contributed by atoms with Crippen molar-refractivity contribution in [3.8, 4) is 0 Å². The second-order valence-electron chi connectivity index (χ2n) is 5.09. The van der Waals surface area contributed by atoms with E-state index < -0.39 is 16.8 Å². The molecule has 2 aromatic rings. The van der Waals surface area contributed by atoms with Crippen molar-refractivity contribution >= 4 is 28.2 Å². The fourth-order valence-electron chi connectivity index (χ4n) is 2.13. The summed E-state index contributed by atoms with van der Waals surface area (Å²) in [5.41, 5.74) is 2.06. The molecular weight excluding hydrogens is 332 g/mol. The highest BCUT2D eigenvalue weighted by Gasteiger charge is 2.23. The fourth-order valence-corrected chi connectivity index (χ4v) is 2.83. The number of carbonyl (C=O) groups is 2. The molecule has 0 aliphatic carbocycles. The number of amides is 1. The molecule has 0 radical (unpaired) electrons. The molecule has 0 aliphatic rings. The third kappa shape index (κ3) is 4.17. The summed E-state index contributed by atoms with van der Waals surface area (Å²) in [6.45, 7) is 1.89. The van der Waals surface area contributed by atoms with Crippen molar-refractivity contribution in [3.63, 3.8) is 0 Å². The molecule has 0 aliphatic heterocycles. The van der Waals surface area contributed by atoms with Gasteiger partial charge in [0.25, 0.3) is 5.91 Å². The Bertz CT molecular complexity index is 771. The molecule has 1 aromatic carbocycles. The first-order valence-corrected chi connectivity index (χ1v) is 7.94. The second-order valence-corrected chi connectivity index (χ2v) is 5.98. The Morgan fingerprint density at radius 1 is 1.33 bits per heavy atom. The van der Waals surface area contributed by atoms with E-state index in [0.717, 1.165) is 22.5 Å². The molecule has 0 spiro atoms. The number of hydrogen-bond acceptors (Lipinski definition) is 6. The summed E-state index contributed by atoms with van der Waals surface area (Å²) in [5.74, 6) is -1.00. The number of nitro groups is 1. The van der Waals surface area contributed by atoms with Gasteiger partial charge in [0.05, 0.1) is 17.6 Å². The van der Waals surface area contributed by atoms with Gasteiger partial charge in [-0.2, -0.15) is 0 Å². The van der Waals surface area contributed by atoms with Gasteiger partial charge in [-0.25, -0.2) is 0 Å². The highest BCUT2D eigenvalue weighted by atomic mass is 32.1. The molecule has 126 valence electrons. The van der Waals surface area contributed by atoms with Crippen molar-refractivity contribution in [3.05, 3.63) is 62.5 Å². The lowest BCUT2D eigenvalue weighted by Crippen LogP contribution is -2.35. The average Bonchev–Trinajstić information content (AvgIpc) is 3.05. The standard InChI is InChI=1S/C16H16N2O5S/c1-11-5-3-4-6-12(11)8-17(9-15(19)23-2)16(20)13-7-14(18(21)22)24-10-13/h3-7,10H,8-9H2,1-2H3. The Morgan fingerprint density at radius 3 is 2.62 bits per heavy atom. The molecule has 7 nitrogen and oxygen atoms in total. The van der Waals surface area contributed by atoms with Crippen LogP contribution in [0.1, 0.15) is 21.5 Å². The minimum Gasteiger partial charge on any atom is -0.468 e. The van der Waals surface area contributed by atoms with Crippen molar-refractivity contribution in [2.24, 2.45) is 0 Å². The SMILES string of the molecule is COC(=O)CN(Cc1ccccc1C)C(=O)c1csc([N+](=O)[O-])c1. The molecule has 0 bridgehead atoms. The molecular formula is C16H16N2O5S. The summed E-state index contributed by atoms with van der Waals surface area (Å²) in [6, 6.07) is 8.72. The van der Waals surface area contributed by atoms with Crippen molar-refractivity contribution in [2.75, 3.05) is 13.7 Å². The van der Waals surface area contributed by atoms with E-state index in [9.17, 15) is 19.7 Å². The van der Waals surface area contributed by atoms with Crippen LogP contribution < -0.4 is 0 Å². The number of methoxy groups -OCH3 is 1. The summed E-state index contributed by atoms with van der Waals surface area (Å²) in [6.07, 6.45) is 0. The maximum Gasteiger partial charge on any atom is 0.325 e. The van der Waals surface area contributed by atoms with Crippen molar-refractivity contribution in [1.29, 1.82) is 0 Å². The number of rotatable bonds is 6. The van der Waals surface area contributed by atoms with E-state index in [1.165, 1.54) is 23.5 Å². The fraction of sp³-hybridized carbons (Fsp3) is 0.250. The van der Waals surface area contributed by atoms with Crippen LogP contribution in [-0.2, 0) is 16.1 Å². The van der Waals surface area contributed by atoms with Crippen LogP contribution in [-0.4, -0.2) is 35.4 Å². The average molecular weight is 348 g/mol. The van der Waals surface area contributed by atoms with Crippen LogP contribution in [0.15, 0.2) is 35.7 Å². The normalized spacial score (nSPS) is 10.2. The molecule has 24 heavy (non-hydrogen) atoms. The molecule has 8 heteroatoms. The zero-order valence-corrected chi connectivity index (χ0v) is 14.0. The lowest BCUT2D eigenvalue weighted by Gasteiger charge is -2.22. The lowest BCUT2D eigenvalue weighted by atomic mass is 10.1. The van der Waals surface area contributed by atoms with Crippen molar-refractivity contribution in [1.82, 2.24) is 4.90 Å². The van der Waals surface area contributed by atoms with Gasteiger partial charge in [0.1, 0.15) is 6.54 Å². The van der Waals surface area contributed by atoms with Crippen LogP contribution in [0.2, 0.25) is 0 Å². The van der Waals surface area contributed by atoms with E-state index in [2.05, 4.69) is 4.74 Å². The van der Waals surface area contributed by atoms with Crippen LogP contribution in [0.4, 0.5) is 5.00 Å². The Hall–Kier alpha value is -2.74. The summed E-state index contributed by atoms with van der Waals surface area (Å²) in [7, 11) is 1.24. The van der Waals surface area contributed by atoms with Gasteiger partial charge in [-0.15, -0.1) is 0 Å². The molecule has 0 unspecified atom stereocenters. The van der Waals surface area contributed by atoms with Gasteiger partial charge < -0.3 is 9.64 Å². The lowest BCUT2D eigenvalue weighted by molar-refractivity contribution is -0.380. The summed E-state index contributed by atoms with van der Waals surface area (Å²) < 4.78 is 4.64. The molecule has 0 saturated carbocycles. The largest absolute Gasteiger partial charge is 0.468 e. The molecule has 1 amide bonds. The number of hydrogen-bond donors (Lipinski definition) is 0. The molecule has 1 heterocycles. The minimum atomic E-state index is -0.554. The number of ether oxygens (including phenoxy) is 1. The van der Waals surface area contributed by atoms with Gasteiger partial charge in [-0.3, -0.25) is 19.7 Å². The topological polar surface area (TPSA) is 89.8 Å². The zero-order chi connectivity index (χ0) is 17.7. The van der Waals surface area contributed by atoms with Gasteiger partial charge in [-0.05, 0) is 18.1 Å². The predicted molar refractivity (Wildman–Crippen MR) is 88.9 cm³/mol. The van der Waals surface area contributed by atoms with E-state index in [1.54, 1.807) is 0 Å². The van der Waals surface area contributed by atoms with Crippen LogP contribution in [0.25, 0.3) is 0 Å². The van der Waals surface area contributed by atoms with Gasteiger partial charge in [0, 0.05) is 18.0 Å². The highest BCUT2D eigenvalue weighted by molar-refractivity contribution is 7.13. The smallest absolute Gasteiger partial charge is 0.325 e. The Labute approximate surface area is 142 Å².